The minimum absolute atomic E-state index is 0.0711. The Labute approximate surface area is 182 Å². The monoisotopic (exact) mass is 457 g/mol. The number of nitrogens with one attached hydrogen (secondary N) is 1. The Kier molecular flexibility index (Phi) is 5.21. The van der Waals surface area contributed by atoms with Gasteiger partial charge < -0.3 is 14.6 Å². The van der Waals surface area contributed by atoms with E-state index in [9.17, 15) is 28.1 Å². The highest BCUT2D eigenvalue weighted by Crippen LogP contribution is 2.30. The number of benzene rings is 2. The fraction of sp³-hybridized carbons (Fsp3) is 0.238. The normalized spacial score (nSPS) is 13.6. The van der Waals surface area contributed by atoms with Crippen molar-refractivity contribution in [2.45, 2.75) is 17.9 Å². The second-order valence-corrected chi connectivity index (χ2v) is 9.57. The third-order valence-electron chi connectivity index (χ3n) is 5.46. The Hall–Kier alpha value is -3.73. The summed E-state index contributed by atoms with van der Waals surface area (Å²) in [4.78, 5) is 40.1. The quantitative estimate of drug-likeness (QED) is 0.360. The van der Waals surface area contributed by atoms with Gasteiger partial charge in [0.2, 0.25) is 0 Å². The van der Waals surface area contributed by atoms with E-state index in [0.717, 1.165) is 46.6 Å². The molecular weight excluding hydrogens is 438 g/mol. The lowest BCUT2D eigenvalue weighted by Crippen LogP contribution is -2.35. The van der Waals surface area contributed by atoms with Crippen LogP contribution in [0.2, 0.25) is 0 Å². The lowest BCUT2D eigenvalue weighted by Gasteiger charge is -2.27. The number of fused-ring (bicyclic) bond motifs is 3. The van der Waals surface area contributed by atoms with E-state index in [1.165, 1.54) is 12.0 Å². The number of hydrogen-bond acceptors (Lipinski definition) is 7. The van der Waals surface area contributed by atoms with Crippen molar-refractivity contribution < 1.29 is 27.7 Å². The van der Waals surface area contributed by atoms with Crippen LogP contribution < -0.4 is 0 Å². The number of aromatic nitrogens is 1. The fourth-order valence-electron chi connectivity index (χ4n) is 3.84. The summed E-state index contributed by atoms with van der Waals surface area (Å²) >= 11 is 0. The molecule has 0 bridgehead atoms. The minimum atomic E-state index is -3.75. The molecule has 2 aromatic carbocycles. The minimum Gasteiger partial charge on any atom is -0.465 e. The van der Waals surface area contributed by atoms with Crippen LogP contribution in [0.3, 0.4) is 0 Å². The molecule has 2 heterocycles. The maximum atomic E-state index is 13.2. The highest BCUT2D eigenvalue weighted by Gasteiger charge is 2.27. The number of nitrogens with zero attached hydrogens (tertiary/aromatic N) is 2. The second-order valence-electron chi connectivity index (χ2n) is 7.56. The molecule has 0 saturated carbocycles. The summed E-state index contributed by atoms with van der Waals surface area (Å²) < 4.78 is 28.7. The molecule has 1 amide bonds. The number of carbonyl (C=O) groups is 2. The van der Waals surface area contributed by atoms with Crippen molar-refractivity contribution in [3.63, 3.8) is 0 Å². The number of H-pyrrole nitrogens is 1. The molecule has 10 nitrogen and oxygen atoms in total. The van der Waals surface area contributed by atoms with Gasteiger partial charge in [0, 0.05) is 65.6 Å². The van der Waals surface area contributed by atoms with E-state index in [1.54, 1.807) is 18.2 Å². The van der Waals surface area contributed by atoms with E-state index < -0.39 is 32.3 Å². The van der Waals surface area contributed by atoms with Gasteiger partial charge in [-0.05, 0) is 24.3 Å². The van der Waals surface area contributed by atoms with Crippen molar-refractivity contribution in [2.24, 2.45) is 0 Å². The molecule has 166 valence electrons. The molecule has 0 saturated heterocycles. The summed E-state index contributed by atoms with van der Waals surface area (Å²) in [5.41, 5.74) is 2.41. The van der Waals surface area contributed by atoms with Gasteiger partial charge in [-0.25, -0.2) is 13.2 Å². The van der Waals surface area contributed by atoms with Crippen molar-refractivity contribution in [3.8, 4) is 0 Å². The smallest absolute Gasteiger partial charge is 0.337 e. The predicted molar refractivity (Wildman–Crippen MR) is 114 cm³/mol. The summed E-state index contributed by atoms with van der Waals surface area (Å²) in [5.74, 6) is -0.988. The molecule has 3 aromatic rings. The first-order chi connectivity index (χ1) is 15.1. The molecule has 1 N–H and O–H groups in total. The Morgan fingerprint density at radius 1 is 1.16 bits per heavy atom. The molecule has 0 spiro atoms. The summed E-state index contributed by atoms with van der Waals surface area (Å²) in [6.45, 7) is 0.551. The first-order valence-corrected chi connectivity index (χ1v) is 11.5. The molecule has 4 rings (SSSR count). The topological polar surface area (TPSA) is 140 Å². The SMILES string of the molecule is COC(=O)c1ccc2[nH]c3c(c2c1)CN(C(=O)c1cc([N+](=O)[O-])cc(S(C)(=O)=O)c1)CC3. The van der Waals surface area contributed by atoms with Gasteiger partial charge in [-0.1, -0.05) is 0 Å². The van der Waals surface area contributed by atoms with E-state index >= 15 is 0 Å². The number of rotatable bonds is 4. The Bertz CT molecular complexity index is 1390. The Balaban J connectivity index is 1.72. The maximum Gasteiger partial charge on any atom is 0.337 e. The molecule has 0 radical (unpaired) electrons. The zero-order chi connectivity index (χ0) is 23.2. The average molecular weight is 457 g/mol. The zero-order valence-electron chi connectivity index (χ0n) is 17.2. The molecule has 0 fully saturated rings. The van der Waals surface area contributed by atoms with Gasteiger partial charge in [0.1, 0.15) is 0 Å². The first-order valence-electron chi connectivity index (χ1n) is 9.59. The lowest BCUT2D eigenvalue weighted by atomic mass is 10.0. The number of amides is 1. The number of ether oxygens (including phenoxy) is 1. The van der Waals surface area contributed by atoms with Crippen molar-refractivity contribution in [3.05, 3.63) is 68.9 Å². The van der Waals surface area contributed by atoms with Crippen molar-refractivity contribution >= 4 is 38.3 Å². The van der Waals surface area contributed by atoms with Crippen LogP contribution in [0.25, 0.3) is 10.9 Å². The first kappa shape index (κ1) is 21.5. The van der Waals surface area contributed by atoms with Crippen molar-refractivity contribution in [2.75, 3.05) is 19.9 Å². The lowest BCUT2D eigenvalue weighted by molar-refractivity contribution is -0.385. The Morgan fingerprint density at radius 2 is 1.91 bits per heavy atom. The number of esters is 1. The van der Waals surface area contributed by atoms with Gasteiger partial charge >= 0.3 is 5.97 Å². The van der Waals surface area contributed by atoms with Gasteiger partial charge in [-0.2, -0.15) is 0 Å². The van der Waals surface area contributed by atoms with Gasteiger partial charge in [-0.15, -0.1) is 0 Å². The molecule has 0 aliphatic carbocycles. The van der Waals surface area contributed by atoms with Crippen molar-refractivity contribution in [1.29, 1.82) is 0 Å². The van der Waals surface area contributed by atoms with Gasteiger partial charge in [0.05, 0.1) is 22.5 Å². The van der Waals surface area contributed by atoms with E-state index in [2.05, 4.69) is 4.98 Å². The third kappa shape index (κ3) is 3.82. The number of nitro benzene ring substituents is 1. The molecule has 1 aromatic heterocycles. The van der Waals surface area contributed by atoms with Crippen LogP contribution in [0.1, 0.15) is 32.0 Å². The predicted octanol–water partition coefficient (Wildman–Crippen LogP) is 2.46. The number of hydrogen-bond donors (Lipinski definition) is 1. The number of aromatic amines is 1. The van der Waals surface area contributed by atoms with E-state index in [-0.39, 0.29) is 17.0 Å². The molecule has 11 heteroatoms. The largest absolute Gasteiger partial charge is 0.465 e. The zero-order valence-corrected chi connectivity index (χ0v) is 18.1. The molecule has 0 atom stereocenters. The standard InChI is InChI=1S/C21H19N3O7S/c1-31-21(26)12-3-4-18-16(9-12)17-11-23(6-5-19(17)22-18)20(25)13-7-14(24(27)28)10-15(8-13)32(2,29)30/h3-4,7-10,22H,5-6,11H2,1-2H3. The number of methoxy groups -OCH3 is 1. The van der Waals surface area contributed by atoms with Gasteiger partial charge in [-0.3, -0.25) is 14.9 Å². The van der Waals surface area contributed by atoms with Crippen LogP contribution in [0.4, 0.5) is 5.69 Å². The Morgan fingerprint density at radius 3 is 2.56 bits per heavy atom. The fourth-order valence-corrected chi connectivity index (χ4v) is 4.52. The molecule has 1 aliphatic rings. The highest BCUT2D eigenvalue weighted by atomic mass is 32.2. The third-order valence-corrected chi connectivity index (χ3v) is 6.55. The summed E-state index contributed by atoms with van der Waals surface area (Å²) in [6, 6.07) is 8.29. The van der Waals surface area contributed by atoms with Crippen LogP contribution >= 0.6 is 0 Å². The second kappa shape index (κ2) is 7.75. The summed E-state index contributed by atoms with van der Waals surface area (Å²) in [6.07, 6.45) is 1.44. The van der Waals surface area contributed by atoms with Crippen LogP contribution in [0, 0.1) is 10.1 Å². The van der Waals surface area contributed by atoms with Crippen LogP contribution in [0.15, 0.2) is 41.3 Å². The van der Waals surface area contributed by atoms with Crippen LogP contribution in [0.5, 0.6) is 0 Å². The molecular formula is C21H19N3O7S. The maximum absolute atomic E-state index is 13.2. The molecule has 0 unspecified atom stereocenters. The molecule has 1 aliphatic heterocycles. The summed E-state index contributed by atoms with van der Waals surface area (Å²) in [7, 11) is -2.46. The van der Waals surface area contributed by atoms with Gasteiger partial charge in [0.15, 0.2) is 9.84 Å². The van der Waals surface area contributed by atoms with E-state index in [4.69, 9.17) is 4.74 Å². The molecule has 32 heavy (non-hydrogen) atoms. The number of carbonyl (C=O) groups excluding carboxylic acids is 2. The number of nitro groups is 1. The summed E-state index contributed by atoms with van der Waals surface area (Å²) in [5, 5.41) is 12.0. The van der Waals surface area contributed by atoms with Crippen LogP contribution in [-0.2, 0) is 27.5 Å². The highest BCUT2D eigenvalue weighted by molar-refractivity contribution is 7.90. The van der Waals surface area contributed by atoms with Gasteiger partial charge in [0.25, 0.3) is 11.6 Å². The van der Waals surface area contributed by atoms with Crippen LogP contribution in [-0.4, -0.2) is 55.0 Å². The van der Waals surface area contributed by atoms with Crippen molar-refractivity contribution in [1.82, 2.24) is 9.88 Å². The van der Waals surface area contributed by atoms with E-state index in [1.807, 2.05) is 0 Å². The average Bonchev–Trinajstić information content (AvgIpc) is 3.14. The van der Waals surface area contributed by atoms with E-state index in [0.29, 0.717) is 18.5 Å². The number of sulfone groups is 1. The number of non-ortho nitro benzene ring substituents is 1.